The summed E-state index contributed by atoms with van der Waals surface area (Å²) in [6.07, 6.45) is 1.56. The zero-order valence-electron chi connectivity index (χ0n) is 20.2. The van der Waals surface area contributed by atoms with Gasteiger partial charge in [-0.2, -0.15) is 0 Å². The Balaban J connectivity index is 1.62. The van der Waals surface area contributed by atoms with Gasteiger partial charge in [0.2, 0.25) is 11.8 Å². The van der Waals surface area contributed by atoms with Gasteiger partial charge in [0.15, 0.2) is 11.5 Å². The number of carbonyl (C=O) groups is 3. The molecule has 1 heterocycles. The number of para-hydroxylation sites is 1. The molecule has 1 saturated heterocycles. The van der Waals surface area contributed by atoms with E-state index in [1.54, 1.807) is 20.3 Å². The third kappa shape index (κ3) is 6.27. The van der Waals surface area contributed by atoms with Crippen molar-refractivity contribution in [2.45, 2.75) is 45.2 Å². The Kier molecular flexibility index (Phi) is 8.51. The quantitative estimate of drug-likeness (QED) is 0.622. The van der Waals surface area contributed by atoms with Crippen LogP contribution in [0.15, 0.2) is 42.5 Å². The molecule has 2 N–H and O–H groups in total. The largest absolute Gasteiger partial charge is 0.493 e. The molecule has 3 rings (SSSR count). The molecule has 1 fully saturated rings. The van der Waals surface area contributed by atoms with Crippen molar-refractivity contribution in [1.82, 2.24) is 15.5 Å². The van der Waals surface area contributed by atoms with Crippen LogP contribution >= 0.6 is 0 Å². The summed E-state index contributed by atoms with van der Waals surface area (Å²) in [6.45, 7) is 4.50. The van der Waals surface area contributed by atoms with E-state index in [-0.39, 0.29) is 30.2 Å². The molecule has 0 radical (unpaired) electrons. The number of ether oxygens (including phenoxy) is 2. The fourth-order valence-corrected chi connectivity index (χ4v) is 4.20. The predicted molar refractivity (Wildman–Crippen MR) is 129 cm³/mol. The maximum Gasteiger partial charge on any atom is 0.253 e. The Morgan fingerprint density at radius 2 is 1.71 bits per heavy atom. The van der Waals surface area contributed by atoms with Crippen molar-refractivity contribution in [1.29, 1.82) is 0 Å². The van der Waals surface area contributed by atoms with Crippen LogP contribution in [0.4, 0.5) is 0 Å². The van der Waals surface area contributed by atoms with Crippen LogP contribution in [0.25, 0.3) is 0 Å². The van der Waals surface area contributed by atoms with Gasteiger partial charge in [-0.05, 0) is 38.0 Å². The number of aryl methyl sites for hydroxylation is 1. The van der Waals surface area contributed by atoms with E-state index in [2.05, 4.69) is 10.6 Å². The molecule has 8 heteroatoms. The summed E-state index contributed by atoms with van der Waals surface area (Å²) in [5.74, 6) is 0.554. The second kappa shape index (κ2) is 11.5. The highest BCUT2D eigenvalue weighted by Gasteiger charge is 2.28. The molecule has 34 heavy (non-hydrogen) atoms. The van der Waals surface area contributed by atoms with E-state index >= 15 is 0 Å². The fraction of sp³-hybridized carbons (Fsp3) is 0.423. The Bertz CT molecular complexity index is 1010. The zero-order valence-corrected chi connectivity index (χ0v) is 20.2. The minimum atomic E-state index is -0.759. The van der Waals surface area contributed by atoms with Crippen LogP contribution in [0.1, 0.15) is 41.3 Å². The van der Waals surface area contributed by atoms with E-state index in [1.165, 1.54) is 6.92 Å². The van der Waals surface area contributed by atoms with Gasteiger partial charge in [0, 0.05) is 43.6 Å². The lowest BCUT2D eigenvalue weighted by molar-refractivity contribution is -0.128. The van der Waals surface area contributed by atoms with Gasteiger partial charge in [0.1, 0.15) is 6.04 Å². The molecule has 0 aromatic heterocycles. The van der Waals surface area contributed by atoms with Crippen LogP contribution in [0.2, 0.25) is 0 Å². The van der Waals surface area contributed by atoms with E-state index in [1.807, 2.05) is 48.2 Å². The van der Waals surface area contributed by atoms with Crippen molar-refractivity contribution < 1.29 is 23.9 Å². The fourth-order valence-electron chi connectivity index (χ4n) is 4.20. The lowest BCUT2D eigenvalue weighted by Crippen LogP contribution is -2.53. The number of amides is 3. The molecule has 182 valence electrons. The van der Waals surface area contributed by atoms with E-state index in [4.69, 9.17) is 9.47 Å². The third-order valence-corrected chi connectivity index (χ3v) is 6.03. The Labute approximate surface area is 200 Å². The van der Waals surface area contributed by atoms with Crippen LogP contribution in [0.3, 0.4) is 0 Å². The number of methoxy groups -OCH3 is 2. The number of carbonyl (C=O) groups excluding carboxylic acids is 3. The predicted octanol–water partition coefficient (Wildman–Crippen LogP) is 2.48. The highest BCUT2D eigenvalue weighted by Crippen LogP contribution is 2.31. The normalized spacial score (nSPS) is 14.8. The minimum absolute atomic E-state index is 0.00557. The van der Waals surface area contributed by atoms with Crippen molar-refractivity contribution >= 4 is 17.7 Å². The van der Waals surface area contributed by atoms with Crippen LogP contribution in [0, 0.1) is 6.92 Å². The topological polar surface area (TPSA) is 97.0 Å². The number of hydrogen-bond donors (Lipinski definition) is 2. The standard InChI is InChI=1S/C26H33N3O5/c1-17-8-10-19(11-9-17)26(32)29-14-12-21(13-15-29)28-25(31)22(27-18(2)30)16-20-6-5-7-23(33-3)24(20)34-4/h5-11,21-22H,12-16H2,1-4H3,(H,27,30)(H,28,31)/t22-/m0/s1. The van der Waals surface area contributed by atoms with Gasteiger partial charge in [0.05, 0.1) is 14.2 Å². The molecular formula is C26H33N3O5. The summed E-state index contributed by atoms with van der Waals surface area (Å²) in [6, 6.07) is 12.2. The Morgan fingerprint density at radius 1 is 1.03 bits per heavy atom. The van der Waals surface area contributed by atoms with Crippen molar-refractivity contribution in [3.63, 3.8) is 0 Å². The van der Waals surface area contributed by atoms with Gasteiger partial charge >= 0.3 is 0 Å². The molecular weight excluding hydrogens is 434 g/mol. The number of benzene rings is 2. The van der Waals surface area contributed by atoms with Crippen LogP contribution < -0.4 is 20.1 Å². The monoisotopic (exact) mass is 467 g/mol. The molecule has 0 unspecified atom stereocenters. The van der Waals surface area contributed by atoms with E-state index in [0.717, 1.165) is 11.1 Å². The maximum absolute atomic E-state index is 13.1. The first-order valence-electron chi connectivity index (χ1n) is 11.5. The van der Waals surface area contributed by atoms with Crippen molar-refractivity contribution in [2.24, 2.45) is 0 Å². The van der Waals surface area contributed by atoms with Gasteiger partial charge in [-0.25, -0.2) is 0 Å². The molecule has 0 saturated carbocycles. The lowest BCUT2D eigenvalue weighted by Gasteiger charge is -2.33. The number of hydrogen-bond acceptors (Lipinski definition) is 5. The van der Waals surface area contributed by atoms with Crippen LogP contribution in [-0.2, 0) is 16.0 Å². The summed E-state index contributed by atoms with van der Waals surface area (Å²) in [4.78, 5) is 39.5. The smallest absolute Gasteiger partial charge is 0.253 e. The Hall–Kier alpha value is -3.55. The highest BCUT2D eigenvalue weighted by molar-refractivity contribution is 5.94. The first-order chi connectivity index (χ1) is 16.3. The molecule has 1 aliphatic rings. The average molecular weight is 468 g/mol. The van der Waals surface area contributed by atoms with Crippen LogP contribution in [-0.4, -0.2) is 62.0 Å². The summed E-state index contributed by atoms with van der Waals surface area (Å²) in [5.41, 5.74) is 2.54. The molecule has 3 amide bonds. The Morgan fingerprint density at radius 3 is 2.29 bits per heavy atom. The summed E-state index contributed by atoms with van der Waals surface area (Å²) in [5, 5.41) is 5.80. The molecule has 0 bridgehead atoms. The molecule has 0 spiro atoms. The number of likely N-dealkylation sites (tertiary alicyclic amines) is 1. The van der Waals surface area contributed by atoms with Gasteiger partial charge in [-0.3, -0.25) is 14.4 Å². The summed E-state index contributed by atoms with van der Waals surface area (Å²) in [7, 11) is 3.09. The second-order valence-electron chi connectivity index (χ2n) is 8.55. The van der Waals surface area contributed by atoms with E-state index in [9.17, 15) is 14.4 Å². The van der Waals surface area contributed by atoms with Gasteiger partial charge in [0.25, 0.3) is 5.91 Å². The minimum Gasteiger partial charge on any atom is -0.493 e. The lowest BCUT2D eigenvalue weighted by atomic mass is 10.0. The van der Waals surface area contributed by atoms with Crippen molar-refractivity contribution in [3.8, 4) is 11.5 Å². The first-order valence-corrected chi connectivity index (χ1v) is 11.5. The molecule has 1 aliphatic heterocycles. The SMILES string of the molecule is COc1cccc(C[C@H](NC(C)=O)C(=O)NC2CCN(C(=O)c3ccc(C)cc3)CC2)c1OC. The van der Waals surface area contributed by atoms with E-state index < -0.39 is 6.04 Å². The highest BCUT2D eigenvalue weighted by atomic mass is 16.5. The maximum atomic E-state index is 13.1. The average Bonchev–Trinajstić information content (AvgIpc) is 2.83. The second-order valence-corrected chi connectivity index (χ2v) is 8.55. The number of nitrogens with one attached hydrogen (secondary N) is 2. The van der Waals surface area contributed by atoms with Gasteiger partial charge in [-0.1, -0.05) is 29.8 Å². The van der Waals surface area contributed by atoms with Crippen molar-refractivity contribution in [3.05, 3.63) is 59.2 Å². The van der Waals surface area contributed by atoms with Gasteiger partial charge in [-0.15, -0.1) is 0 Å². The first kappa shape index (κ1) is 25.1. The van der Waals surface area contributed by atoms with Crippen molar-refractivity contribution in [2.75, 3.05) is 27.3 Å². The molecule has 8 nitrogen and oxygen atoms in total. The van der Waals surface area contributed by atoms with Gasteiger partial charge < -0.3 is 25.0 Å². The van der Waals surface area contributed by atoms with Crippen LogP contribution in [0.5, 0.6) is 11.5 Å². The summed E-state index contributed by atoms with van der Waals surface area (Å²) >= 11 is 0. The molecule has 2 aromatic carbocycles. The number of rotatable bonds is 8. The number of nitrogens with zero attached hydrogens (tertiary/aromatic N) is 1. The molecule has 2 aromatic rings. The zero-order chi connectivity index (χ0) is 24.7. The molecule has 0 aliphatic carbocycles. The third-order valence-electron chi connectivity index (χ3n) is 6.03. The van der Waals surface area contributed by atoms with E-state index in [0.29, 0.717) is 43.0 Å². The number of piperidine rings is 1. The summed E-state index contributed by atoms with van der Waals surface area (Å²) < 4.78 is 10.8. The molecule has 1 atom stereocenters.